The van der Waals surface area contributed by atoms with Gasteiger partial charge in [-0.2, -0.15) is 0 Å². The van der Waals surface area contributed by atoms with Crippen LogP contribution in [-0.2, 0) is 4.79 Å². The molecule has 0 bridgehead atoms. The van der Waals surface area contributed by atoms with E-state index in [0.29, 0.717) is 17.4 Å². The molecule has 0 aromatic heterocycles. The van der Waals surface area contributed by atoms with Crippen molar-refractivity contribution in [3.8, 4) is 0 Å². The molecule has 31 heavy (non-hydrogen) atoms. The molecule has 2 aliphatic heterocycles. The molecule has 3 N–H and O–H groups in total. The number of nitrogens with zero attached hydrogens (tertiary/aromatic N) is 2. The van der Waals surface area contributed by atoms with Gasteiger partial charge in [-0.25, -0.2) is 0 Å². The molecule has 3 rings (SSSR count). The molecule has 0 saturated carbocycles. The molecule has 1 atom stereocenters. The number of likely N-dealkylation sites (tertiary alicyclic amines) is 2. The third-order valence-electron chi connectivity index (χ3n) is 6.61. The Morgan fingerprint density at radius 1 is 1.10 bits per heavy atom. The second-order valence-electron chi connectivity index (χ2n) is 8.91. The van der Waals surface area contributed by atoms with Gasteiger partial charge in [-0.3, -0.25) is 4.79 Å². The second-order valence-corrected chi connectivity index (χ2v) is 9.57. The molecule has 168 valence electrons. The minimum Gasteiger partial charge on any atom is -0.397 e. The zero-order chi connectivity index (χ0) is 22.4. The fourth-order valence-electron chi connectivity index (χ4n) is 4.37. The largest absolute Gasteiger partial charge is 0.397 e. The predicted molar refractivity (Wildman–Crippen MR) is 134 cm³/mol. The van der Waals surface area contributed by atoms with E-state index in [4.69, 9.17) is 5.73 Å². The summed E-state index contributed by atoms with van der Waals surface area (Å²) in [5.74, 6) is 0.0795. The lowest BCUT2D eigenvalue weighted by Crippen LogP contribution is -2.48. The summed E-state index contributed by atoms with van der Waals surface area (Å²) in [6.07, 6.45) is 8.05. The van der Waals surface area contributed by atoms with E-state index in [2.05, 4.69) is 62.2 Å². The molecule has 0 aliphatic carbocycles. The lowest BCUT2D eigenvalue weighted by Gasteiger charge is -2.40. The summed E-state index contributed by atoms with van der Waals surface area (Å²) in [6.45, 7) is 10.4. The number of rotatable bonds is 6. The van der Waals surface area contributed by atoms with Crippen molar-refractivity contribution in [3.63, 3.8) is 0 Å². The maximum Gasteiger partial charge on any atom is 0.227 e. The quantitative estimate of drug-likeness (QED) is 0.528. The Morgan fingerprint density at radius 2 is 1.71 bits per heavy atom. The summed E-state index contributed by atoms with van der Waals surface area (Å²) in [6, 6.07) is 8.94. The lowest BCUT2D eigenvalue weighted by molar-refractivity contribution is -0.125. The number of hydrogen-bond acceptors (Lipinski definition) is 4. The molecular formula is C25H37N4OP. The fraction of sp³-hybridized carbons (Fsp3) is 0.480. The molecule has 2 saturated heterocycles. The Labute approximate surface area is 189 Å². The zero-order valence-corrected chi connectivity index (χ0v) is 20.1. The highest BCUT2D eigenvalue weighted by molar-refractivity contribution is 7.27. The average molecular weight is 441 g/mol. The van der Waals surface area contributed by atoms with Gasteiger partial charge < -0.3 is 20.9 Å². The van der Waals surface area contributed by atoms with Crippen LogP contribution in [0.4, 0.5) is 0 Å². The first-order valence-corrected chi connectivity index (χ1v) is 11.8. The van der Waals surface area contributed by atoms with Gasteiger partial charge in [0.15, 0.2) is 0 Å². The first kappa shape index (κ1) is 23.7. The van der Waals surface area contributed by atoms with Crippen LogP contribution in [-0.4, -0.2) is 55.0 Å². The van der Waals surface area contributed by atoms with E-state index in [0.717, 1.165) is 42.4 Å². The van der Waals surface area contributed by atoms with Crippen LogP contribution in [0.15, 0.2) is 54.4 Å². The van der Waals surface area contributed by atoms with Crippen LogP contribution in [0, 0.1) is 5.92 Å². The van der Waals surface area contributed by atoms with E-state index in [1.54, 1.807) is 0 Å². The normalized spacial score (nSPS) is 20.6. The summed E-state index contributed by atoms with van der Waals surface area (Å²) >= 11 is 0. The number of carbonyl (C=O) groups excluding carboxylic acids is 1. The van der Waals surface area contributed by atoms with Crippen molar-refractivity contribution in [2.75, 3.05) is 33.2 Å². The number of benzene rings is 1. The summed E-state index contributed by atoms with van der Waals surface area (Å²) in [4.78, 5) is 17.7. The van der Waals surface area contributed by atoms with E-state index in [1.165, 1.54) is 25.9 Å². The molecule has 0 spiro atoms. The van der Waals surface area contributed by atoms with Crippen molar-refractivity contribution in [3.05, 3.63) is 60.0 Å². The Balaban J connectivity index is 1.47. The van der Waals surface area contributed by atoms with Crippen molar-refractivity contribution in [2.45, 2.75) is 38.6 Å². The van der Waals surface area contributed by atoms with Gasteiger partial charge in [0.05, 0.1) is 11.4 Å². The first-order valence-electron chi connectivity index (χ1n) is 11.3. The number of amides is 1. The van der Waals surface area contributed by atoms with Crippen LogP contribution < -0.4 is 16.4 Å². The zero-order valence-electron chi connectivity index (χ0n) is 18.9. The Hall–Kier alpha value is -1.94. The summed E-state index contributed by atoms with van der Waals surface area (Å²) in [7, 11) is 4.88. The van der Waals surface area contributed by atoms with Crippen LogP contribution in [0.3, 0.4) is 0 Å². The van der Waals surface area contributed by atoms with E-state index in [9.17, 15) is 4.79 Å². The monoisotopic (exact) mass is 440 g/mol. The van der Waals surface area contributed by atoms with Crippen molar-refractivity contribution in [1.29, 1.82) is 0 Å². The maximum absolute atomic E-state index is 12.7. The number of nitrogens with two attached hydrogens (primary N) is 1. The van der Waals surface area contributed by atoms with E-state index >= 15 is 0 Å². The Morgan fingerprint density at radius 3 is 2.32 bits per heavy atom. The van der Waals surface area contributed by atoms with Crippen molar-refractivity contribution < 1.29 is 4.79 Å². The molecule has 2 aliphatic rings. The molecule has 5 nitrogen and oxygen atoms in total. The van der Waals surface area contributed by atoms with Crippen LogP contribution >= 0.6 is 9.24 Å². The molecular weight excluding hydrogens is 403 g/mol. The number of nitrogens with one attached hydrogen (secondary N) is 1. The standard InChI is InChI=1S/C25H37N4OP/c1-18(20-5-7-23(31)8-6-20)4-9-24(26)19(2)27-25(30)21-10-16-29(17-11-21)22-12-14-28(3)15-13-22/h4-9,21-22H,2,10-17,26,31H2,1,3H3,(H,27,30)/b18-4+,24-9+. The van der Waals surface area contributed by atoms with Crippen LogP contribution in [0.25, 0.3) is 5.57 Å². The third-order valence-corrected chi connectivity index (χ3v) is 6.99. The number of hydrogen-bond donors (Lipinski definition) is 2. The predicted octanol–water partition coefficient (Wildman–Crippen LogP) is 2.87. The number of carbonyl (C=O) groups is 1. The summed E-state index contributed by atoms with van der Waals surface area (Å²) < 4.78 is 0. The highest BCUT2D eigenvalue weighted by atomic mass is 31.0. The van der Waals surface area contributed by atoms with Gasteiger partial charge in [-0.1, -0.05) is 36.9 Å². The van der Waals surface area contributed by atoms with Gasteiger partial charge in [0.1, 0.15) is 0 Å². The smallest absolute Gasteiger partial charge is 0.227 e. The minimum absolute atomic E-state index is 0.0368. The average Bonchev–Trinajstić information content (AvgIpc) is 2.78. The molecule has 1 aromatic rings. The van der Waals surface area contributed by atoms with Gasteiger partial charge in [0.2, 0.25) is 5.91 Å². The molecule has 6 heteroatoms. The molecule has 0 radical (unpaired) electrons. The second kappa shape index (κ2) is 11.1. The van der Waals surface area contributed by atoms with Crippen LogP contribution in [0.2, 0.25) is 0 Å². The highest BCUT2D eigenvalue weighted by Crippen LogP contribution is 2.24. The molecule has 2 fully saturated rings. The van der Waals surface area contributed by atoms with Gasteiger partial charge in [0, 0.05) is 12.0 Å². The molecule has 1 unspecified atom stereocenters. The first-order chi connectivity index (χ1) is 14.8. The van der Waals surface area contributed by atoms with Crippen LogP contribution in [0.5, 0.6) is 0 Å². The Bertz CT molecular complexity index is 830. The van der Waals surface area contributed by atoms with E-state index in [1.807, 2.05) is 19.1 Å². The van der Waals surface area contributed by atoms with Crippen LogP contribution in [0.1, 0.15) is 38.2 Å². The third kappa shape index (κ3) is 6.77. The van der Waals surface area contributed by atoms with E-state index in [-0.39, 0.29) is 11.8 Å². The summed E-state index contributed by atoms with van der Waals surface area (Å²) in [5, 5.41) is 4.09. The van der Waals surface area contributed by atoms with Crippen molar-refractivity contribution in [2.24, 2.45) is 11.7 Å². The maximum atomic E-state index is 12.7. The molecule has 1 aromatic carbocycles. The van der Waals surface area contributed by atoms with Gasteiger partial charge >= 0.3 is 0 Å². The Kier molecular flexibility index (Phi) is 8.48. The van der Waals surface area contributed by atoms with Gasteiger partial charge in [-0.05, 0) is 88.4 Å². The molecule has 1 amide bonds. The summed E-state index contributed by atoms with van der Waals surface area (Å²) in [5.41, 5.74) is 9.37. The van der Waals surface area contributed by atoms with Gasteiger partial charge in [0.25, 0.3) is 0 Å². The highest BCUT2D eigenvalue weighted by Gasteiger charge is 2.30. The minimum atomic E-state index is 0.0368. The number of allylic oxidation sites excluding steroid dienone is 3. The number of piperidine rings is 2. The lowest BCUT2D eigenvalue weighted by atomic mass is 9.92. The SMILES string of the molecule is C=C(NC(=O)C1CCN(C2CCN(C)CC2)CC1)/C(N)=C\C=C(/C)c1ccc(P)cc1. The topological polar surface area (TPSA) is 61.6 Å². The van der Waals surface area contributed by atoms with Crippen molar-refractivity contribution in [1.82, 2.24) is 15.1 Å². The van der Waals surface area contributed by atoms with Crippen molar-refractivity contribution >= 4 is 26.0 Å². The van der Waals surface area contributed by atoms with E-state index < -0.39 is 0 Å². The van der Waals surface area contributed by atoms with Gasteiger partial charge in [-0.15, -0.1) is 9.24 Å². The molecule has 2 heterocycles. The fourth-order valence-corrected chi connectivity index (χ4v) is 4.56.